The second-order valence-corrected chi connectivity index (χ2v) is 7.03. The Labute approximate surface area is 126 Å². The Morgan fingerprint density at radius 3 is 2.60 bits per heavy atom. The van der Waals surface area contributed by atoms with E-state index in [4.69, 9.17) is 16.3 Å². The van der Waals surface area contributed by atoms with Crippen molar-refractivity contribution in [3.05, 3.63) is 40.4 Å². The van der Waals surface area contributed by atoms with Gasteiger partial charge in [-0.05, 0) is 54.4 Å². The number of epoxide rings is 1. The van der Waals surface area contributed by atoms with Crippen LogP contribution in [0.5, 0.6) is 0 Å². The normalized spacial score (nSPS) is 38.0. The van der Waals surface area contributed by atoms with E-state index in [2.05, 4.69) is 18.2 Å². The van der Waals surface area contributed by atoms with Gasteiger partial charge in [-0.25, -0.2) is 0 Å². The quantitative estimate of drug-likeness (QED) is 0.656. The van der Waals surface area contributed by atoms with Gasteiger partial charge in [0.25, 0.3) is 0 Å². The van der Waals surface area contributed by atoms with E-state index in [0.717, 1.165) is 23.5 Å². The Morgan fingerprint density at radius 1 is 1.10 bits per heavy atom. The average Bonchev–Trinajstić information content (AvgIpc) is 3.26. The lowest BCUT2D eigenvalue weighted by atomic mass is 9.63. The van der Waals surface area contributed by atoms with Crippen LogP contribution in [0, 0.1) is 11.8 Å². The van der Waals surface area contributed by atoms with E-state index in [1.165, 1.54) is 49.7 Å². The van der Waals surface area contributed by atoms with Gasteiger partial charge in [-0.3, -0.25) is 0 Å². The van der Waals surface area contributed by atoms with Crippen LogP contribution in [0.25, 0.3) is 6.08 Å². The smallest absolute Gasteiger partial charge is 0.116 e. The lowest BCUT2D eigenvalue weighted by Crippen LogP contribution is -2.39. The zero-order chi connectivity index (χ0) is 13.6. The lowest BCUT2D eigenvalue weighted by molar-refractivity contribution is 0.106. The summed E-state index contributed by atoms with van der Waals surface area (Å²) in [7, 11) is 0. The van der Waals surface area contributed by atoms with Crippen molar-refractivity contribution >= 4 is 17.7 Å². The first-order chi connectivity index (χ1) is 9.78. The van der Waals surface area contributed by atoms with Crippen molar-refractivity contribution in [3.63, 3.8) is 0 Å². The molecule has 1 aromatic carbocycles. The predicted octanol–water partition coefficient (Wildman–Crippen LogP) is 5.09. The summed E-state index contributed by atoms with van der Waals surface area (Å²) in [6.07, 6.45) is 10.5. The van der Waals surface area contributed by atoms with E-state index >= 15 is 0 Å². The maximum Gasteiger partial charge on any atom is 0.116 e. The second-order valence-electron chi connectivity index (χ2n) is 6.59. The van der Waals surface area contributed by atoms with Gasteiger partial charge >= 0.3 is 0 Å². The molecule has 0 N–H and O–H groups in total. The summed E-state index contributed by atoms with van der Waals surface area (Å²) in [6.45, 7) is 0.952. The van der Waals surface area contributed by atoms with Crippen molar-refractivity contribution in [1.82, 2.24) is 0 Å². The first-order valence-electron chi connectivity index (χ1n) is 7.88. The largest absolute Gasteiger partial charge is 0.365 e. The summed E-state index contributed by atoms with van der Waals surface area (Å²) in [5.74, 6) is 1.69. The molecule has 1 aromatic rings. The molecule has 1 heterocycles. The third-order valence-electron chi connectivity index (χ3n) is 5.50. The Morgan fingerprint density at radius 2 is 1.85 bits per heavy atom. The van der Waals surface area contributed by atoms with Gasteiger partial charge in [-0.2, -0.15) is 0 Å². The minimum Gasteiger partial charge on any atom is -0.365 e. The summed E-state index contributed by atoms with van der Waals surface area (Å²) in [6, 6.07) is 8.16. The second kappa shape index (κ2) is 4.89. The minimum absolute atomic E-state index is 0.114. The molecule has 1 nitrogen and oxygen atoms in total. The molecule has 0 amide bonds. The highest BCUT2D eigenvalue weighted by Crippen LogP contribution is 2.56. The lowest BCUT2D eigenvalue weighted by Gasteiger charge is -2.41. The highest BCUT2D eigenvalue weighted by molar-refractivity contribution is 6.30. The molecule has 1 aliphatic heterocycles. The molecule has 106 valence electrons. The van der Waals surface area contributed by atoms with Gasteiger partial charge in [0.05, 0.1) is 6.61 Å². The van der Waals surface area contributed by atoms with Crippen molar-refractivity contribution in [2.45, 2.75) is 44.1 Å². The molecule has 3 aliphatic rings. The molecule has 0 aromatic heterocycles. The Balaban J connectivity index is 1.64. The topological polar surface area (TPSA) is 12.5 Å². The fourth-order valence-corrected chi connectivity index (χ4v) is 4.52. The fraction of sp³-hybridized carbons (Fsp3) is 0.556. The van der Waals surface area contributed by atoms with Crippen LogP contribution in [0.4, 0.5) is 0 Å². The summed E-state index contributed by atoms with van der Waals surface area (Å²) < 4.78 is 6.02. The molecule has 20 heavy (non-hydrogen) atoms. The van der Waals surface area contributed by atoms with Crippen molar-refractivity contribution in [3.8, 4) is 0 Å². The highest BCUT2D eigenvalue weighted by Gasteiger charge is 2.58. The third kappa shape index (κ3) is 2.12. The van der Waals surface area contributed by atoms with E-state index in [9.17, 15) is 0 Å². The van der Waals surface area contributed by atoms with Crippen LogP contribution < -0.4 is 0 Å². The predicted molar refractivity (Wildman–Crippen MR) is 82.8 cm³/mol. The summed E-state index contributed by atoms with van der Waals surface area (Å²) in [5.41, 5.74) is 2.90. The maximum absolute atomic E-state index is 6.02. The fourth-order valence-electron chi connectivity index (χ4n) is 4.39. The summed E-state index contributed by atoms with van der Waals surface area (Å²) in [5, 5.41) is 0.806. The number of fused-ring (bicyclic) bond motifs is 2. The number of benzene rings is 1. The SMILES string of the molecule is Clc1ccc(C=C2CC[C@H]3CCCC[C@@H]3C23CO3)cc1. The van der Waals surface area contributed by atoms with Crippen molar-refractivity contribution < 1.29 is 4.74 Å². The summed E-state index contributed by atoms with van der Waals surface area (Å²) in [4.78, 5) is 0. The number of halogens is 1. The van der Waals surface area contributed by atoms with Crippen LogP contribution in [0.1, 0.15) is 44.1 Å². The molecule has 0 radical (unpaired) electrons. The average molecular weight is 289 g/mol. The maximum atomic E-state index is 6.02. The van der Waals surface area contributed by atoms with E-state index in [-0.39, 0.29) is 5.60 Å². The highest BCUT2D eigenvalue weighted by atomic mass is 35.5. The van der Waals surface area contributed by atoms with E-state index in [1.807, 2.05) is 12.1 Å². The molecule has 1 saturated heterocycles. The molecule has 2 saturated carbocycles. The molecule has 2 aliphatic carbocycles. The van der Waals surface area contributed by atoms with Gasteiger partial charge in [0.2, 0.25) is 0 Å². The van der Waals surface area contributed by atoms with Crippen LogP contribution in [-0.2, 0) is 4.74 Å². The van der Waals surface area contributed by atoms with Gasteiger partial charge < -0.3 is 4.74 Å². The summed E-state index contributed by atoms with van der Waals surface area (Å²) >= 11 is 5.97. The van der Waals surface area contributed by atoms with Crippen LogP contribution >= 0.6 is 11.6 Å². The Hall–Kier alpha value is -0.790. The van der Waals surface area contributed by atoms with Crippen LogP contribution in [0.15, 0.2) is 29.8 Å². The number of hydrogen-bond donors (Lipinski definition) is 0. The molecule has 2 heteroatoms. The van der Waals surface area contributed by atoms with Crippen LogP contribution in [-0.4, -0.2) is 12.2 Å². The molecule has 4 rings (SSSR count). The van der Waals surface area contributed by atoms with E-state index < -0.39 is 0 Å². The van der Waals surface area contributed by atoms with Gasteiger partial charge in [0.1, 0.15) is 5.60 Å². The third-order valence-corrected chi connectivity index (χ3v) is 5.75. The van der Waals surface area contributed by atoms with Gasteiger partial charge in [0.15, 0.2) is 0 Å². The zero-order valence-electron chi connectivity index (χ0n) is 11.8. The first-order valence-corrected chi connectivity index (χ1v) is 8.26. The number of ether oxygens (including phenoxy) is 1. The molecule has 3 fully saturated rings. The van der Waals surface area contributed by atoms with Crippen molar-refractivity contribution in [2.75, 3.05) is 6.61 Å². The Kier molecular flexibility index (Phi) is 3.16. The van der Waals surface area contributed by atoms with Crippen LogP contribution in [0.3, 0.4) is 0 Å². The monoisotopic (exact) mass is 288 g/mol. The first kappa shape index (κ1) is 12.9. The number of rotatable bonds is 1. The van der Waals surface area contributed by atoms with E-state index in [0.29, 0.717) is 0 Å². The molecule has 1 unspecified atom stereocenters. The molecule has 1 spiro atoms. The number of hydrogen-bond acceptors (Lipinski definition) is 1. The molecule has 3 atom stereocenters. The zero-order valence-corrected chi connectivity index (χ0v) is 12.5. The minimum atomic E-state index is 0.114. The van der Waals surface area contributed by atoms with E-state index in [1.54, 1.807) is 0 Å². The Bertz CT molecular complexity index is 527. The van der Waals surface area contributed by atoms with Crippen LogP contribution in [0.2, 0.25) is 5.02 Å². The van der Waals surface area contributed by atoms with Gasteiger partial charge in [0, 0.05) is 5.02 Å². The molecule has 0 bridgehead atoms. The van der Waals surface area contributed by atoms with Gasteiger partial charge in [-0.1, -0.05) is 49.1 Å². The molecular weight excluding hydrogens is 268 g/mol. The van der Waals surface area contributed by atoms with Gasteiger partial charge in [-0.15, -0.1) is 0 Å². The van der Waals surface area contributed by atoms with Crippen molar-refractivity contribution in [2.24, 2.45) is 11.8 Å². The van der Waals surface area contributed by atoms with Crippen molar-refractivity contribution in [1.29, 1.82) is 0 Å². The standard InChI is InChI=1S/C18H21ClO/c19-16-9-5-13(6-10-16)11-15-8-7-14-3-1-2-4-17(14)18(15)12-20-18/h5-6,9-11,14,17H,1-4,7-8,12H2/t14-,17+,18?/m1/s1. The molecular formula is C18H21ClO.